The summed E-state index contributed by atoms with van der Waals surface area (Å²) in [6.45, 7) is 3.66. The summed E-state index contributed by atoms with van der Waals surface area (Å²) in [5, 5.41) is 8.64. The molecule has 0 aliphatic rings. The first-order chi connectivity index (χ1) is 16.2. The highest BCUT2D eigenvalue weighted by Crippen LogP contribution is 2.30. The summed E-state index contributed by atoms with van der Waals surface area (Å²) in [7, 11) is -4.27. The molecule has 5 aromatic rings. The van der Waals surface area contributed by atoms with Crippen molar-refractivity contribution in [2.75, 3.05) is 4.72 Å². The molecule has 34 heavy (non-hydrogen) atoms. The van der Waals surface area contributed by atoms with E-state index in [1.807, 2.05) is 31.2 Å². The Kier molecular flexibility index (Phi) is 5.33. The van der Waals surface area contributed by atoms with Crippen molar-refractivity contribution in [3.63, 3.8) is 0 Å². The van der Waals surface area contributed by atoms with Crippen LogP contribution in [0.4, 0.5) is 9.52 Å². The Morgan fingerprint density at radius 3 is 2.79 bits per heavy atom. The fraction of sp³-hybridized carbons (Fsp3) is 0.136. The minimum absolute atomic E-state index is 0.0420. The molecule has 2 aromatic carbocycles. The molecule has 0 spiro atoms. The second-order valence-corrected chi connectivity index (χ2v) is 10.2. The second-order valence-electron chi connectivity index (χ2n) is 7.62. The van der Waals surface area contributed by atoms with Crippen LogP contribution in [0.1, 0.15) is 24.2 Å². The summed E-state index contributed by atoms with van der Waals surface area (Å²) >= 11 is 1.06. The van der Waals surface area contributed by atoms with E-state index in [0.29, 0.717) is 0 Å². The lowest BCUT2D eigenvalue weighted by molar-refractivity contribution is 0.489. The highest BCUT2D eigenvalue weighted by Gasteiger charge is 2.25. The van der Waals surface area contributed by atoms with Gasteiger partial charge in [-0.1, -0.05) is 18.2 Å². The van der Waals surface area contributed by atoms with Crippen molar-refractivity contribution in [2.24, 2.45) is 0 Å². The van der Waals surface area contributed by atoms with Crippen LogP contribution in [0.15, 0.2) is 68.3 Å². The maximum absolute atomic E-state index is 15.0. The van der Waals surface area contributed by atoms with Crippen LogP contribution in [-0.2, 0) is 10.0 Å². The summed E-state index contributed by atoms with van der Waals surface area (Å²) in [6, 6.07) is 9.04. The molecule has 3 heterocycles. The molecular weight excluding hydrogens is 481 g/mol. The van der Waals surface area contributed by atoms with E-state index >= 15 is 0 Å². The first kappa shape index (κ1) is 22.0. The van der Waals surface area contributed by atoms with E-state index in [-0.39, 0.29) is 16.2 Å². The molecule has 0 saturated carbocycles. The Labute approximate surface area is 196 Å². The monoisotopic (exact) mass is 499 g/mol. The molecule has 1 unspecified atom stereocenters. The zero-order valence-corrected chi connectivity index (χ0v) is 19.6. The molecule has 1 atom stereocenters. The van der Waals surface area contributed by atoms with Crippen LogP contribution in [-0.4, -0.2) is 28.2 Å². The standard InChI is InChI=1S/C22H18FN5O4S2/c1-12-16(11-25-26-12)15-5-3-4-14(8-15)13(2)28-18-9-17(23)20(10-19(18)32-22(28)29)34(30,31)27-21-24-6-7-33-21/h3-11,13H,1-2H3,(H,24,27)(H,25,26). The van der Waals surface area contributed by atoms with Gasteiger partial charge in [0.25, 0.3) is 10.0 Å². The summed E-state index contributed by atoms with van der Waals surface area (Å²) < 4.78 is 49.2. The smallest absolute Gasteiger partial charge is 0.408 e. The van der Waals surface area contributed by atoms with Crippen molar-refractivity contribution in [3.8, 4) is 11.1 Å². The van der Waals surface area contributed by atoms with Crippen molar-refractivity contribution < 1.29 is 17.2 Å². The number of aryl methyl sites for hydroxylation is 1. The molecule has 12 heteroatoms. The van der Waals surface area contributed by atoms with Gasteiger partial charge in [-0.05, 0) is 31.0 Å². The SMILES string of the molecule is Cc1n[nH]cc1-c1cccc(C(C)n2c(=O)oc3cc(S(=O)(=O)Nc4nccs4)c(F)cc32)c1. The van der Waals surface area contributed by atoms with Crippen LogP contribution in [0.3, 0.4) is 0 Å². The van der Waals surface area contributed by atoms with E-state index in [1.165, 1.54) is 10.8 Å². The Bertz CT molecular complexity index is 1670. The van der Waals surface area contributed by atoms with Gasteiger partial charge >= 0.3 is 5.76 Å². The lowest BCUT2D eigenvalue weighted by Crippen LogP contribution is -2.19. The van der Waals surface area contributed by atoms with E-state index in [1.54, 1.807) is 18.5 Å². The maximum atomic E-state index is 15.0. The fourth-order valence-electron chi connectivity index (χ4n) is 3.82. The van der Waals surface area contributed by atoms with Crippen LogP contribution in [0, 0.1) is 12.7 Å². The number of nitrogens with one attached hydrogen (secondary N) is 2. The van der Waals surface area contributed by atoms with E-state index in [9.17, 15) is 17.6 Å². The van der Waals surface area contributed by atoms with Crippen molar-refractivity contribution in [1.29, 1.82) is 0 Å². The minimum atomic E-state index is -4.27. The van der Waals surface area contributed by atoms with E-state index in [4.69, 9.17) is 4.42 Å². The molecule has 0 bridgehead atoms. The molecule has 0 aliphatic carbocycles. The van der Waals surface area contributed by atoms with Gasteiger partial charge in [0.1, 0.15) is 10.7 Å². The number of benzene rings is 2. The number of aromatic amines is 1. The Balaban J connectivity index is 1.57. The summed E-state index contributed by atoms with van der Waals surface area (Å²) in [4.78, 5) is 15.9. The van der Waals surface area contributed by atoms with Gasteiger partial charge in [0.05, 0.1) is 17.3 Å². The van der Waals surface area contributed by atoms with Crippen LogP contribution in [0.25, 0.3) is 22.2 Å². The highest BCUT2D eigenvalue weighted by atomic mass is 32.2. The van der Waals surface area contributed by atoms with Gasteiger partial charge in [-0.15, -0.1) is 11.3 Å². The van der Waals surface area contributed by atoms with Gasteiger partial charge in [0, 0.05) is 35.5 Å². The average molecular weight is 500 g/mol. The van der Waals surface area contributed by atoms with E-state index in [0.717, 1.165) is 45.9 Å². The normalized spacial score (nSPS) is 12.8. The molecule has 2 N–H and O–H groups in total. The number of halogens is 1. The van der Waals surface area contributed by atoms with Crippen molar-refractivity contribution in [1.82, 2.24) is 19.7 Å². The third-order valence-corrected chi connectivity index (χ3v) is 7.68. The number of sulfonamides is 1. The number of anilines is 1. The Morgan fingerprint density at radius 1 is 1.26 bits per heavy atom. The number of thiazole rings is 1. The molecular formula is C22H18FN5O4S2. The Hall–Kier alpha value is -3.77. The molecule has 5 rings (SSSR count). The van der Waals surface area contributed by atoms with Gasteiger partial charge in [-0.25, -0.2) is 22.6 Å². The molecule has 9 nitrogen and oxygen atoms in total. The first-order valence-corrected chi connectivity index (χ1v) is 12.5. The zero-order valence-electron chi connectivity index (χ0n) is 17.9. The van der Waals surface area contributed by atoms with Gasteiger partial charge in [-0.3, -0.25) is 14.4 Å². The number of hydrogen-bond acceptors (Lipinski definition) is 7. The van der Waals surface area contributed by atoms with Crippen LogP contribution >= 0.6 is 11.3 Å². The molecule has 0 radical (unpaired) electrons. The van der Waals surface area contributed by atoms with Gasteiger partial charge in [0.2, 0.25) is 0 Å². The number of oxazole rings is 1. The van der Waals surface area contributed by atoms with Gasteiger partial charge in [-0.2, -0.15) is 5.10 Å². The van der Waals surface area contributed by atoms with Crippen LogP contribution < -0.4 is 10.5 Å². The lowest BCUT2D eigenvalue weighted by atomic mass is 10.0. The van der Waals surface area contributed by atoms with Gasteiger partial charge < -0.3 is 4.42 Å². The topological polar surface area (TPSA) is 123 Å². The largest absolute Gasteiger partial charge is 0.420 e. The zero-order chi connectivity index (χ0) is 24.0. The third-order valence-electron chi connectivity index (χ3n) is 5.51. The lowest BCUT2D eigenvalue weighted by Gasteiger charge is -2.15. The summed E-state index contributed by atoms with van der Waals surface area (Å²) in [6.07, 6.45) is 3.21. The van der Waals surface area contributed by atoms with Crippen LogP contribution in [0.5, 0.6) is 0 Å². The summed E-state index contributed by atoms with van der Waals surface area (Å²) in [5.74, 6) is -1.74. The first-order valence-electron chi connectivity index (χ1n) is 10.1. The number of nitrogens with zero attached hydrogens (tertiary/aromatic N) is 3. The van der Waals surface area contributed by atoms with Crippen molar-refractivity contribution in [2.45, 2.75) is 24.8 Å². The highest BCUT2D eigenvalue weighted by molar-refractivity contribution is 7.93. The fourth-order valence-corrected chi connectivity index (χ4v) is 5.68. The molecule has 0 saturated heterocycles. The predicted molar refractivity (Wildman–Crippen MR) is 126 cm³/mol. The van der Waals surface area contributed by atoms with Gasteiger partial charge in [0.15, 0.2) is 10.7 Å². The predicted octanol–water partition coefficient (Wildman–Crippen LogP) is 4.30. The Morgan fingerprint density at radius 2 is 2.09 bits per heavy atom. The van der Waals surface area contributed by atoms with E-state index < -0.39 is 32.5 Å². The molecule has 174 valence electrons. The number of hydrogen-bond donors (Lipinski definition) is 2. The number of aromatic nitrogens is 4. The number of H-pyrrole nitrogens is 1. The molecule has 0 amide bonds. The number of rotatable bonds is 6. The van der Waals surface area contributed by atoms with E-state index in [2.05, 4.69) is 19.9 Å². The molecule has 3 aromatic heterocycles. The number of fused-ring (bicyclic) bond motifs is 1. The molecule has 0 aliphatic heterocycles. The maximum Gasteiger partial charge on any atom is 0.420 e. The van der Waals surface area contributed by atoms with Crippen LogP contribution in [0.2, 0.25) is 0 Å². The third kappa shape index (κ3) is 3.80. The summed E-state index contributed by atoms with van der Waals surface area (Å²) in [5.41, 5.74) is 3.55. The van der Waals surface area contributed by atoms with Crippen molar-refractivity contribution in [3.05, 3.63) is 81.8 Å². The second kappa shape index (κ2) is 8.22. The van der Waals surface area contributed by atoms with Crippen molar-refractivity contribution >= 4 is 37.6 Å². The quantitative estimate of drug-likeness (QED) is 0.359. The average Bonchev–Trinajstić information content (AvgIpc) is 3.52. The minimum Gasteiger partial charge on any atom is -0.408 e. The molecule has 0 fully saturated rings.